The molecule has 1 aliphatic carbocycles. The number of ether oxygens (including phenoxy) is 2. The summed E-state index contributed by atoms with van der Waals surface area (Å²) in [6.45, 7) is -0.391. The quantitative estimate of drug-likeness (QED) is 0.327. The highest BCUT2D eigenvalue weighted by molar-refractivity contribution is 6.06. The van der Waals surface area contributed by atoms with Crippen LogP contribution in [0.1, 0.15) is 61.4 Å². The Hall–Kier alpha value is -4.71. The highest BCUT2D eigenvalue weighted by Crippen LogP contribution is 2.40. The van der Waals surface area contributed by atoms with Gasteiger partial charge in [0, 0.05) is 23.9 Å². The van der Waals surface area contributed by atoms with Gasteiger partial charge in [-0.05, 0) is 73.4 Å². The number of pyridine rings is 1. The SMILES string of the molecule is CN(C(=O)c1cccc(-n2nc(C(F)(F)F)c3c2C(Oc2ccc(C(=O)O)cc2)COC3)c1)c1cnc2c(c1)CCC2. The average molecular weight is 579 g/mol. The van der Waals surface area contributed by atoms with Crippen molar-refractivity contribution < 1.29 is 37.3 Å². The summed E-state index contributed by atoms with van der Waals surface area (Å²) in [5.41, 5.74) is 2.15. The number of carboxylic acid groups (broad SMARTS) is 1. The van der Waals surface area contributed by atoms with E-state index in [1.165, 1.54) is 35.2 Å². The molecular weight excluding hydrogens is 553 g/mol. The molecule has 0 spiro atoms. The molecule has 2 aliphatic rings. The van der Waals surface area contributed by atoms with E-state index in [1.54, 1.807) is 31.4 Å². The fourth-order valence-corrected chi connectivity index (χ4v) is 5.32. The Bertz CT molecular complexity index is 1680. The van der Waals surface area contributed by atoms with Crippen molar-refractivity contribution in [2.45, 2.75) is 38.1 Å². The van der Waals surface area contributed by atoms with E-state index < -0.39 is 23.9 Å². The number of aromatic nitrogens is 3. The molecule has 2 aromatic heterocycles. The van der Waals surface area contributed by atoms with Gasteiger partial charge in [0.15, 0.2) is 11.8 Å². The van der Waals surface area contributed by atoms with Gasteiger partial charge < -0.3 is 19.5 Å². The lowest BCUT2D eigenvalue weighted by molar-refractivity contribution is -0.143. The highest BCUT2D eigenvalue weighted by atomic mass is 19.4. The minimum Gasteiger partial charge on any atom is -0.482 e. The molecule has 1 aliphatic heterocycles. The highest BCUT2D eigenvalue weighted by Gasteiger charge is 2.43. The monoisotopic (exact) mass is 578 g/mol. The number of halogens is 3. The number of alkyl halides is 3. The van der Waals surface area contributed by atoms with E-state index >= 15 is 0 Å². The summed E-state index contributed by atoms with van der Waals surface area (Å²) >= 11 is 0. The minimum absolute atomic E-state index is 0.0365. The maximum absolute atomic E-state index is 14.1. The van der Waals surface area contributed by atoms with Gasteiger partial charge in [-0.2, -0.15) is 18.3 Å². The maximum atomic E-state index is 14.1. The van der Waals surface area contributed by atoms with E-state index in [9.17, 15) is 22.8 Å². The van der Waals surface area contributed by atoms with Crippen molar-refractivity contribution >= 4 is 17.6 Å². The van der Waals surface area contributed by atoms with Crippen LogP contribution in [0.3, 0.4) is 0 Å². The Balaban J connectivity index is 1.36. The minimum atomic E-state index is -4.77. The molecular formula is C30H25F3N4O5. The normalized spacial score (nSPS) is 16.0. The van der Waals surface area contributed by atoms with Crippen LogP contribution in [0.15, 0.2) is 60.8 Å². The predicted octanol–water partition coefficient (Wildman–Crippen LogP) is 5.40. The Morgan fingerprint density at radius 3 is 2.62 bits per heavy atom. The molecule has 9 nitrogen and oxygen atoms in total. The van der Waals surface area contributed by atoms with Crippen molar-refractivity contribution in [3.63, 3.8) is 0 Å². The van der Waals surface area contributed by atoms with E-state index in [0.29, 0.717) is 5.69 Å². The van der Waals surface area contributed by atoms with E-state index in [-0.39, 0.29) is 52.9 Å². The number of hydrogen-bond acceptors (Lipinski definition) is 6. The van der Waals surface area contributed by atoms with Gasteiger partial charge in [0.1, 0.15) is 5.75 Å². The number of carbonyl (C=O) groups is 2. The lowest BCUT2D eigenvalue weighted by Gasteiger charge is -2.26. The van der Waals surface area contributed by atoms with Crippen LogP contribution < -0.4 is 9.64 Å². The number of nitrogens with zero attached hydrogens (tertiary/aromatic N) is 4. The molecule has 3 heterocycles. The summed E-state index contributed by atoms with van der Waals surface area (Å²) in [5.74, 6) is -1.23. The van der Waals surface area contributed by atoms with Crippen molar-refractivity contribution in [3.05, 3.63) is 100 Å². The van der Waals surface area contributed by atoms with Crippen LogP contribution >= 0.6 is 0 Å². The molecule has 0 saturated carbocycles. The Morgan fingerprint density at radius 2 is 1.88 bits per heavy atom. The summed E-state index contributed by atoms with van der Waals surface area (Å²) in [6, 6.07) is 13.7. The number of fused-ring (bicyclic) bond motifs is 2. The van der Waals surface area contributed by atoms with Crippen molar-refractivity contribution in [2.24, 2.45) is 0 Å². The summed E-state index contributed by atoms with van der Waals surface area (Å²) in [7, 11) is 1.63. The molecule has 2 aromatic carbocycles. The molecule has 12 heteroatoms. The van der Waals surface area contributed by atoms with Gasteiger partial charge in [0.2, 0.25) is 0 Å². The lowest BCUT2D eigenvalue weighted by Crippen LogP contribution is -2.27. The first kappa shape index (κ1) is 27.5. The zero-order chi connectivity index (χ0) is 29.6. The average Bonchev–Trinajstić information content (AvgIpc) is 3.62. The number of aryl methyl sites for hydroxylation is 2. The number of benzene rings is 2. The third-order valence-electron chi connectivity index (χ3n) is 7.43. The van der Waals surface area contributed by atoms with E-state index in [4.69, 9.17) is 14.6 Å². The second kappa shape index (κ2) is 10.6. The molecule has 0 radical (unpaired) electrons. The number of carboxylic acids is 1. The van der Waals surface area contributed by atoms with Gasteiger partial charge in [-0.15, -0.1) is 0 Å². The zero-order valence-corrected chi connectivity index (χ0v) is 22.4. The molecule has 42 heavy (non-hydrogen) atoms. The second-order valence-corrected chi connectivity index (χ2v) is 10.1. The number of hydrogen-bond donors (Lipinski definition) is 1. The van der Waals surface area contributed by atoms with Gasteiger partial charge in [0.05, 0.1) is 42.0 Å². The first-order valence-electron chi connectivity index (χ1n) is 13.2. The Labute approximate surface area is 238 Å². The van der Waals surface area contributed by atoms with E-state index in [0.717, 1.165) is 35.2 Å². The van der Waals surface area contributed by atoms with Crippen LogP contribution in [0, 0.1) is 0 Å². The van der Waals surface area contributed by atoms with Crippen molar-refractivity contribution in [2.75, 3.05) is 18.6 Å². The summed E-state index contributed by atoms with van der Waals surface area (Å²) in [5, 5.41) is 13.1. The molecule has 0 bridgehead atoms. The molecule has 1 N–H and O–H groups in total. The van der Waals surface area contributed by atoms with Crippen LogP contribution in [0.4, 0.5) is 18.9 Å². The standard InChI is InChI=1S/C30H25F3N4O5/c1-36(21-12-18-4-3-7-24(18)34-14-21)28(38)19-5-2-6-20(13-19)37-26-23(27(35-37)30(31,32)33)15-41-16-25(26)42-22-10-8-17(9-11-22)29(39)40/h2,5-6,8-14,25H,3-4,7,15-16H2,1H3,(H,39,40). The summed E-state index contributed by atoms with van der Waals surface area (Å²) in [4.78, 5) is 30.6. The molecule has 4 aromatic rings. The molecule has 0 saturated heterocycles. The van der Waals surface area contributed by atoms with Gasteiger partial charge >= 0.3 is 12.1 Å². The fourth-order valence-electron chi connectivity index (χ4n) is 5.32. The van der Waals surface area contributed by atoms with Crippen LogP contribution in [0.5, 0.6) is 5.75 Å². The van der Waals surface area contributed by atoms with Crippen LogP contribution in [0.25, 0.3) is 5.69 Å². The van der Waals surface area contributed by atoms with Crippen LogP contribution in [-0.2, 0) is 30.4 Å². The third-order valence-corrected chi connectivity index (χ3v) is 7.43. The first-order valence-corrected chi connectivity index (χ1v) is 13.2. The van der Waals surface area contributed by atoms with E-state index in [2.05, 4.69) is 10.1 Å². The maximum Gasteiger partial charge on any atom is 0.435 e. The fraction of sp³-hybridized carbons (Fsp3) is 0.267. The molecule has 1 atom stereocenters. The summed E-state index contributed by atoms with van der Waals surface area (Å²) in [6.07, 6.45) is -1.28. The number of aromatic carboxylic acids is 1. The van der Waals surface area contributed by atoms with Gasteiger partial charge in [-0.3, -0.25) is 9.78 Å². The first-order chi connectivity index (χ1) is 20.1. The zero-order valence-electron chi connectivity index (χ0n) is 22.4. The van der Waals surface area contributed by atoms with Gasteiger partial charge in [0.25, 0.3) is 5.91 Å². The number of amides is 1. The molecule has 0 fully saturated rings. The number of carbonyl (C=O) groups excluding carboxylic acids is 1. The second-order valence-electron chi connectivity index (χ2n) is 10.1. The Morgan fingerprint density at radius 1 is 1.10 bits per heavy atom. The lowest BCUT2D eigenvalue weighted by atomic mass is 10.1. The molecule has 1 unspecified atom stereocenters. The third kappa shape index (κ3) is 5.09. The Kier molecular flexibility index (Phi) is 6.93. The van der Waals surface area contributed by atoms with E-state index in [1.807, 2.05) is 6.07 Å². The van der Waals surface area contributed by atoms with Crippen LogP contribution in [0.2, 0.25) is 0 Å². The van der Waals surface area contributed by atoms with Gasteiger partial charge in [-0.25, -0.2) is 9.48 Å². The van der Waals surface area contributed by atoms with Crippen molar-refractivity contribution in [1.29, 1.82) is 0 Å². The van der Waals surface area contributed by atoms with Crippen molar-refractivity contribution in [1.82, 2.24) is 14.8 Å². The topological polar surface area (TPSA) is 107 Å². The molecule has 6 rings (SSSR count). The number of rotatable bonds is 6. The molecule has 216 valence electrons. The summed E-state index contributed by atoms with van der Waals surface area (Å²) < 4.78 is 54.8. The van der Waals surface area contributed by atoms with Crippen molar-refractivity contribution in [3.8, 4) is 11.4 Å². The van der Waals surface area contributed by atoms with Gasteiger partial charge in [-0.1, -0.05) is 6.07 Å². The predicted molar refractivity (Wildman–Crippen MR) is 144 cm³/mol. The number of anilines is 1. The smallest absolute Gasteiger partial charge is 0.435 e. The van der Waals surface area contributed by atoms with Crippen LogP contribution in [-0.4, -0.2) is 45.4 Å². The molecule has 1 amide bonds. The largest absolute Gasteiger partial charge is 0.482 e.